The summed E-state index contributed by atoms with van der Waals surface area (Å²) >= 11 is 0. The second-order valence-electron chi connectivity index (χ2n) is 5.62. The highest BCUT2D eigenvalue weighted by Crippen LogP contribution is 2.39. The van der Waals surface area contributed by atoms with Crippen LogP contribution in [0, 0.1) is 0 Å². The van der Waals surface area contributed by atoms with Crippen LogP contribution in [0.15, 0.2) is 24.3 Å². The Morgan fingerprint density at radius 1 is 1.15 bits per heavy atom. The number of ether oxygens (including phenoxy) is 1. The summed E-state index contributed by atoms with van der Waals surface area (Å²) in [6.45, 7) is -2.76. The smallest absolute Gasteiger partial charge is 0.387 e. The lowest BCUT2D eigenvalue weighted by Gasteiger charge is -2.40. The first-order valence-electron chi connectivity index (χ1n) is 7.18. The number of nitrogens with one attached hydrogen (secondary N) is 1. The van der Waals surface area contributed by atoms with E-state index in [0.717, 1.165) is 18.5 Å². The first kappa shape index (κ1) is 13.6. The lowest BCUT2D eigenvalue weighted by atomic mass is 9.97. The van der Waals surface area contributed by atoms with Gasteiger partial charge in [0, 0.05) is 23.8 Å². The zero-order valence-electron chi connectivity index (χ0n) is 11.6. The molecular weight excluding hydrogens is 262 g/mol. The number of halogens is 2. The van der Waals surface area contributed by atoms with Crippen LogP contribution in [0.25, 0.3) is 0 Å². The van der Waals surface area contributed by atoms with E-state index in [0.29, 0.717) is 18.1 Å². The minimum Gasteiger partial charge on any atom is -0.435 e. The van der Waals surface area contributed by atoms with Gasteiger partial charge in [0.1, 0.15) is 5.75 Å². The zero-order valence-corrected chi connectivity index (χ0v) is 11.6. The molecule has 2 saturated heterocycles. The molecule has 0 aromatic heterocycles. The van der Waals surface area contributed by atoms with E-state index in [-0.39, 0.29) is 5.75 Å². The van der Waals surface area contributed by atoms with Crippen molar-refractivity contribution in [1.82, 2.24) is 5.32 Å². The van der Waals surface area contributed by atoms with Gasteiger partial charge in [-0.15, -0.1) is 0 Å². The lowest BCUT2D eigenvalue weighted by molar-refractivity contribution is -0.0498. The largest absolute Gasteiger partial charge is 0.435 e. The summed E-state index contributed by atoms with van der Waals surface area (Å²) in [5, 5.41) is 3.38. The number of piperidine rings is 1. The van der Waals surface area contributed by atoms with Gasteiger partial charge >= 0.3 is 6.61 Å². The lowest BCUT2D eigenvalue weighted by Crippen LogP contribution is -2.48. The van der Waals surface area contributed by atoms with Crippen molar-refractivity contribution in [2.24, 2.45) is 0 Å². The standard InChI is InChI=1S/C15H20F2N2O/c1-18-10-8-12-2-3-13(9-10)19(12)11-4-6-14(7-5-11)20-15(16)17/h4-7,10,12-13,15,18H,2-3,8-9H2,1H3. The quantitative estimate of drug-likeness (QED) is 0.918. The van der Waals surface area contributed by atoms with Crippen LogP contribution in [0.2, 0.25) is 0 Å². The Hall–Kier alpha value is -1.36. The van der Waals surface area contributed by atoms with Crippen LogP contribution in [0.5, 0.6) is 5.75 Å². The van der Waals surface area contributed by atoms with Crippen LogP contribution in [0.4, 0.5) is 14.5 Å². The number of nitrogens with zero attached hydrogens (tertiary/aromatic N) is 1. The van der Waals surface area contributed by atoms with Gasteiger partial charge in [0.2, 0.25) is 0 Å². The normalized spacial score (nSPS) is 29.0. The molecule has 0 saturated carbocycles. The number of hydrogen-bond donors (Lipinski definition) is 1. The monoisotopic (exact) mass is 282 g/mol. The van der Waals surface area contributed by atoms with E-state index in [1.807, 2.05) is 19.2 Å². The minimum atomic E-state index is -2.76. The molecule has 2 bridgehead atoms. The fraction of sp³-hybridized carbons (Fsp3) is 0.600. The molecule has 2 unspecified atom stereocenters. The van der Waals surface area contributed by atoms with Gasteiger partial charge in [-0.2, -0.15) is 8.78 Å². The first-order chi connectivity index (χ1) is 9.67. The third-order valence-corrected chi connectivity index (χ3v) is 4.50. The number of fused-ring (bicyclic) bond motifs is 2. The molecule has 3 nitrogen and oxygen atoms in total. The maximum Gasteiger partial charge on any atom is 0.387 e. The van der Waals surface area contributed by atoms with Crippen molar-refractivity contribution in [2.45, 2.75) is 50.4 Å². The van der Waals surface area contributed by atoms with E-state index in [4.69, 9.17) is 0 Å². The highest BCUT2D eigenvalue weighted by atomic mass is 19.3. The Labute approximate surface area is 117 Å². The third-order valence-electron chi connectivity index (χ3n) is 4.50. The predicted octanol–water partition coefficient (Wildman–Crippen LogP) is 3.01. The van der Waals surface area contributed by atoms with Crippen LogP contribution >= 0.6 is 0 Å². The van der Waals surface area contributed by atoms with Crippen molar-refractivity contribution in [3.8, 4) is 5.75 Å². The molecule has 0 amide bonds. The van der Waals surface area contributed by atoms with Crippen molar-refractivity contribution < 1.29 is 13.5 Å². The van der Waals surface area contributed by atoms with Crippen LogP contribution in [-0.2, 0) is 0 Å². The molecular formula is C15H20F2N2O. The molecule has 2 aliphatic heterocycles. The molecule has 2 aliphatic rings. The van der Waals surface area contributed by atoms with Gasteiger partial charge in [-0.05, 0) is 57.0 Å². The van der Waals surface area contributed by atoms with Gasteiger partial charge < -0.3 is 15.0 Å². The van der Waals surface area contributed by atoms with E-state index in [2.05, 4.69) is 15.0 Å². The summed E-state index contributed by atoms with van der Waals surface area (Å²) in [6, 6.07) is 8.77. The topological polar surface area (TPSA) is 24.5 Å². The van der Waals surface area contributed by atoms with Gasteiger partial charge in [0.05, 0.1) is 0 Å². The van der Waals surface area contributed by atoms with E-state index >= 15 is 0 Å². The number of rotatable bonds is 4. The zero-order chi connectivity index (χ0) is 14.1. The molecule has 3 rings (SSSR count). The molecule has 0 spiro atoms. The van der Waals surface area contributed by atoms with Gasteiger partial charge in [-0.1, -0.05) is 0 Å². The molecule has 0 aliphatic carbocycles. The molecule has 5 heteroatoms. The Morgan fingerprint density at radius 2 is 1.75 bits per heavy atom. The van der Waals surface area contributed by atoms with E-state index in [1.165, 1.54) is 12.8 Å². The van der Waals surface area contributed by atoms with Gasteiger partial charge in [-0.3, -0.25) is 0 Å². The third kappa shape index (κ3) is 2.59. The Kier molecular flexibility index (Phi) is 3.78. The van der Waals surface area contributed by atoms with E-state index < -0.39 is 6.61 Å². The summed E-state index contributed by atoms with van der Waals surface area (Å²) in [5.41, 5.74) is 1.12. The summed E-state index contributed by atoms with van der Waals surface area (Å²) < 4.78 is 28.7. The fourth-order valence-corrected chi connectivity index (χ4v) is 3.63. The average Bonchev–Trinajstić information content (AvgIpc) is 2.69. The summed E-state index contributed by atoms with van der Waals surface area (Å²) in [5.74, 6) is 0.223. The summed E-state index contributed by atoms with van der Waals surface area (Å²) in [4.78, 5) is 2.46. The number of benzene rings is 1. The number of alkyl halides is 2. The van der Waals surface area contributed by atoms with Crippen LogP contribution in [0.3, 0.4) is 0 Å². The van der Waals surface area contributed by atoms with Gasteiger partial charge in [0.25, 0.3) is 0 Å². The highest BCUT2D eigenvalue weighted by Gasteiger charge is 2.40. The first-order valence-corrected chi connectivity index (χ1v) is 7.18. The van der Waals surface area contributed by atoms with Gasteiger partial charge in [-0.25, -0.2) is 0 Å². The van der Waals surface area contributed by atoms with E-state index in [1.54, 1.807) is 12.1 Å². The molecule has 1 aromatic rings. The van der Waals surface area contributed by atoms with E-state index in [9.17, 15) is 8.78 Å². The fourth-order valence-electron chi connectivity index (χ4n) is 3.63. The SMILES string of the molecule is CNC1CC2CCC(C1)N2c1ccc(OC(F)F)cc1. The molecule has 2 heterocycles. The highest BCUT2D eigenvalue weighted by molar-refractivity contribution is 5.52. The van der Waals surface area contributed by atoms with Crippen molar-refractivity contribution in [1.29, 1.82) is 0 Å². The molecule has 1 N–H and O–H groups in total. The Balaban J connectivity index is 1.73. The van der Waals surface area contributed by atoms with Crippen molar-refractivity contribution in [2.75, 3.05) is 11.9 Å². The molecule has 2 fully saturated rings. The molecule has 2 atom stereocenters. The minimum absolute atomic E-state index is 0.223. The molecule has 20 heavy (non-hydrogen) atoms. The number of anilines is 1. The second kappa shape index (κ2) is 5.56. The summed E-state index contributed by atoms with van der Waals surface area (Å²) in [7, 11) is 2.02. The average molecular weight is 282 g/mol. The van der Waals surface area contributed by atoms with Crippen molar-refractivity contribution in [3.63, 3.8) is 0 Å². The molecule has 1 aromatic carbocycles. The second-order valence-corrected chi connectivity index (χ2v) is 5.62. The maximum absolute atomic E-state index is 12.2. The van der Waals surface area contributed by atoms with Crippen LogP contribution in [-0.4, -0.2) is 31.8 Å². The van der Waals surface area contributed by atoms with Crippen LogP contribution in [0.1, 0.15) is 25.7 Å². The maximum atomic E-state index is 12.2. The van der Waals surface area contributed by atoms with Crippen LogP contribution < -0.4 is 15.0 Å². The number of hydrogen-bond acceptors (Lipinski definition) is 3. The Morgan fingerprint density at radius 3 is 2.25 bits per heavy atom. The van der Waals surface area contributed by atoms with Crippen molar-refractivity contribution >= 4 is 5.69 Å². The van der Waals surface area contributed by atoms with Gasteiger partial charge in [0.15, 0.2) is 0 Å². The van der Waals surface area contributed by atoms with Crippen molar-refractivity contribution in [3.05, 3.63) is 24.3 Å². The summed E-state index contributed by atoms with van der Waals surface area (Å²) in [6.07, 6.45) is 4.75. The predicted molar refractivity (Wildman–Crippen MR) is 74.4 cm³/mol. The Bertz CT molecular complexity index is 438. The molecule has 0 radical (unpaired) electrons. The molecule has 110 valence electrons.